The van der Waals surface area contributed by atoms with Crippen molar-refractivity contribution < 1.29 is 4.79 Å². The van der Waals surface area contributed by atoms with Crippen LogP contribution in [0.5, 0.6) is 0 Å². The smallest absolute Gasteiger partial charge is 0.226 e. The van der Waals surface area contributed by atoms with Crippen LogP contribution in [0, 0.1) is 0 Å². The van der Waals surface area contributed by atoms with Crippen LogP contribution in [-0.2, 0) is 0 Å². The molecule has 0 aliphatic carbocycles. The topological polar surface area (TPSA) is 36.4 Å². The summed E-state index contributed by atoms with van der Waals surface area (Å²) in [5, 5.41) is 0.194. The van der Waals surface area contributed by atoms with Gasteiger partial charge >= 0.3 is 0 Å². The van der Waals surface area contributed by atoms with Crippen LogP contribution in [0.1, 0.15) is 0 Å². The Balaban J connectivity index is 0. The first-order chi connectivity index (χ1) is 4.47. The Bertz CT molecular complexity index is 115. The second-order valence-electron chi connectivity index (χ2n) is 2.71. The fraction of sp³-hybridized carbons (Fsp3) is 0.800. The van der Waals surface area contributed by atoms with Crippen molar-refractivity contribution in [2.24, 2.45) is 0 Å². The first-order valence-corrected chi connectivity index (χ1v) is 7.43. The highest BCUT2D eigenvalue weighted by Gasteiger charge is 2.14. The molecule has 0 unspecified atom stereocenters. The molecule has 0 saturated carbocycles. The summed E-state index contributed by atoms with van der Waals surface area (Å²) in [6, 6.07) is 0. The molecule has 0 fully saturated rings. The number of hydrogen-bond donors (Lipinski definition) is 0. The molecule has 0 heterocycles. The minimum absolute atomic E-state index is 0.194. The molecule has 10 heavy (non-hydrogen) atoms. The molecule has 0 rings (SSSR count). The van der Waals surface area contributed by atoms with E-state index < -0.39 is 8.07 Å². The van der Waals surface area contributed by atoms with E-state index in [4.69, 9.17) is 28.7 Å². The minimum atomic E-state index is -1.20. The normalized spacial score (nSPS) is 8.90. The third-order valence-corrected chi connectivity index (χ3v) is 1.34. The van der Waals surface area contributed by atoms with Gasteiger partial charge in [-0.05, 0) is 0 Å². The molecule has 0 atom stereocenters. The van der Waals surface area contributed by atoms with Crippen molar-refractivity contribution in [2.75, 3.05) is 5.34 Å². The summed E-state index contributed by atoms with van der Waals surface area (Å²) >= 11 is 9.53. The molecule has 0 bridgehead atoms. The lowest BCUT2D eigenvalue weighted by Crippen LogP contribution is -2.22. The van der Waals surface area contributed by atoms with Crippen LogP contribution < -0.4 is 0 Å². The van der Waals surface area contributed by atoms with Crippen molar-refractivity contribution in [3.8, 4) is 0 Å². The van der Waals surface area contributed by atoms with E-state index in [0.29, 0.717) is 0 Å². The highest BCUT2D eigenvalue weighted by atomic mass is 35.5. The molecule has 0 saturated heterocycles. The van der Waals surface area contributed by atoms with E-state index in [-0.39, 0.29) is 5.34 Å². The zero-order valence-corrected chi connectivity index (χ0v) is 8.95. The van der Waals surface area contributed by atoms with E-state index >= 15 is 0 Å². The molecule has 0 spiro atoms. The number of hydrogen-bond acceptors (Lipinski definition) is 0. The number of alkyl halides is 2. The predicted octanol–water partition coefficient (Wildman–Crippen LogP) is 2.59. The second kappa shape index (κ2) is 7.29. The summed E-state index contributed by atoms with van der Waals surface area (Å²) in [7, 11) is -1.20. The highest BCUT2D eigenvalue weighted by molar-refractivity contribution is 6.98. The van der Waals surface area contributed by atoms with Crippen LogP contribution in [-0.4, -0.2) is 24.0 Å². The van der Waals surface area contributed by atoms with Gasteiger partial charge in [0, 0.05) is 0 Å². The van der Waals surface area contributed by atoms with Gasteiger partial charge in [-0.2, -0.15) is 4.79 Å². The van der Waals surface area contributed by atoms with E-state index in [1.165, 1.54) is 0 Å². The highest BCUT2D eigenvalue weighted by Crippen LogP contribution is 1.91. The SMILES string of the molecule is C[Si](C)(C)C=[N+]=[N-].ClCCl. The van der Waals surface area contributed by atoms with Crippen molar-refractivity contribution in [3.05, 3.63) is 5.53 Å². The number of nitrogens with zero attached hydrogens (tertiary/aromatic N) is 2. The molecule has 0 aliphatic heterocycles. The largest absolute Gasteiger partial charge is 0.363 e. The maximum atomic E-state index is 8.01. The first-order valence-electron chi connectivity index (χ1n) is 2.78. The van der Waals surface area contributed by atoms with Crippen molar-refractivity contribution in [1.29, 1.82) is 0 Å². The molecule has 0 aliphatic rings. The van der Waals surface area contributed by atoms with Crippen LogP contribution in [0.15, 0.2) is 0 Å². The van der Waals surface area contributed by atoms with Gasteiger partial charge in [0.05, 0.1) is 5.34 Å². The molecule has 60 valence electrons. The zero-order chi connectivity index (χ0) is 8.62. The minimum Gasteiger partial charge on any atom is -0.363 e. The molecular weight excluding hydrogens is 187 g/mol. The number of rotatable bonds is 1. The molecule has 0 amide bonds. The monoisotopic (exact) mass is 198 g/mol. The Morgan fingerprint density at radius 2 is 1.70 bits per heavy atom. The van der Waals surface area contributed by atoms with Gasteiger partial charge in [-0.15, -0.1) is 23.2 Å². The Morgan fingerprint density at radius 1 is 1.40 bits per heavy atom. The van der Waals surface area contributed by atoms with Crippen molar-refractivity contribution in [3.63, 3.8) is 0 Å². The maximum Gasteiger partial charge on any atom is 0.226 e. The average molecular weight is 199 g/mol. The maximum absolute atomic E-state index is 8.01. The molecule has 0 N–H and O–H groups in total. The molecular formula is C5H12Cl2N2Si. The molecule has 5 heteroatoms. The predicted molar refractivity (Wildman–Crippen MR) is 49.6 cm³/mol. The van der Waals surface area contributed by atoms with Crippen molar-refractivity contribution in [1.82, 2.24) is 0 Å². The molecule has 0 aromatic heterocycles. The van der Waals surface area contributed by atoms with Crippen LogP contribution >= 0.6 is 23.2 Å². The quantitative estimate of drug-likeness (QED) is 0.204. The van der Waals surface area contributed by atoms with Crippen LogP contribution in [0.3, 0.4) is 0 Å². The lowest BCUT2D eigenvalue weighted by Gasteiger charge is -1.95. The van der Waals surface area contributed by atoms with Crippen LogP contribution in [0.4, 0.5) is 0 Å². The summed E-state index contributed by atoms with van der Waals surface area (Å²) < 4.78 is 0. The van der Waals surface area contributed by atoms with Gasteiger partial charge in [0.15, 0.2) is 8.07 Å². The summed E-state index contributed by atoms with van der Waals surface area (Å²) in [5.41, 5.74) is 8.01. The summed E-state index contributed by atoms with van der Waals surface area (Å²) in [6.07, 6.45) is 0. The standard InChI is InChI=1S/C4H10N2Si.CH2Cl2/c1-7(2,3)4-6-5;2-1-3/h4H,1-3H3;1H2. The van der Waals surface area contributed by atoms with Crippen LogP contribution in [0.25, 0.3) is 5.53 Å². The zero-order valence-electron chi connectivity index (χ0n) is 6.43. The lowest BCUT2D eigenvalue weighted by molar-refractivity contribution is 0.00680. The van der Waals surface area contributed by atoms with Gasteiger partial charge < -0.3 is 5.53 Å². The van der Waals surface area contributed by atoms with Crippen molar-refractivity contribution in [2.45, 2.75) is 19.6 Å². The summed E-state index contributed by atoms with van der Waals surface area (Å²) in [6.45, 7) is 6.31. The average Bonchev–Trinajstić information content (AvgIpc) is 1.63. The molecule has 2 nitrogen and oxygen atoms in total. The Kier molecular flexibility index (Phi) is 9.34. The second-order valence-corrected chi connectivity index (χ2v) is 8.51. The third-order valence-electron chi connectivity index (χ3n) is 0.445. The lowest BCUT2D eigenvalue weighted by atomic mass is 11.7. The van der Waals surface area contributed by atoms with Gasteiger partial charge in [-0.3, -0.25) is 0 Å². The Labute approximate surface area is 72.8 Å². The molecule has 0 aromatic carbocycles. The van der Waals surface area contributed by atoms with Gasteiger partial charge in [-0.1, -0.05) is 19.6 Å². The van der Waals surface area contributed by atoms with E-state index in [1.54, 1.807) is 5.84 Å². The first kappa shape index (κ1) is 12.8. The van der Waals surface area contributed by atoms with Crippen LogP contribution in [0.2, 0.25) is 19.6 Å². The third kappa shape index (κ3) is 24.1. The van der Waals surface area contributed by atoms with Gasteiger partial charge in [0.1, 0.15) is 0 Å². The number of halogens is 2. The summed E-state index contributed by atoms with van der Waals surface area (Å²) in [4.78, 5) is 2.94. The summed E-state index contributed by atoms with van der Waals surface area (Å²) in [5.74, 6) is 1.63. The van der Waals surface area contributed by atoms with E-state index in [1.807, 2.05) is 0 Å². The molecule has 0 aromatic rings. The molecule has 0 radical (unpaired) electrons. The van der Waals surface area contributed by atoms with Gasteiger partial charge in [-0.25, -0.2) is 0 Å². The van der Waals surface area contributed by atoms with Crippen molar-refractivity contribution >= 4 is 37.1 Å². The Morgan fingerprint density at radius 3 is 1.70 bits per heavy atom. The fourth-order valence-corrected chi connectivity index (χ4v) is 0.520. The van der Waals surface area contributed by atoms with E-state index in [9.17, 15) is 0 Å². The van der Waals surface area contributed by atoms with E-state index in [0.717, 1.165) is 0 Å². The van der Waals surface area contributed by atoms with E-state index in [2.05, 4.69) is 24.4 Å². The van der Waals surface area contributed by atoms with Gasteiger partial charge in [0.2, 0.25) is 5.84 Å². The van der Waals surface area contributed by atoms with Gasteiger partial charge in [0.25, 0.3) is 0 Å². The Hall–Kier alpha value is 0.177. The fourth-order valence-electron chi connectivity index (χ4n) is 0.173.